The molecule has 1 aliphatic rings. The quantitative estimate of drug-likeness (QED) is 0.874. The van der Waals surface area contributed by atoms with E-state index in [1.54, 1.807) is 6.20 Å². The lowest BCUT2D eigenvalue weighted by molar-refractivity contribution is -0.133. The first kappa shape index (κ1) is 11.6. The summed E-state index contributed by atoms with van der Waals surface area (Å²) < 4.78 is 10.9. The summed E-state index contributed by atoms with van der Waals surface area (Å²) in [5.74, 6) is 0. The smallest absolute Gasteiger partial charge is 0.111 e. The van der Waals surface area contributed by atoms with Gasteiger partial charge in [0.1, 0.15) is 12.2 Å². The van der Waals surface area contributed by atoms with Crippen LogP contribution in [0.4, 0.5) is 0 Å². The molecule has 2 unspecified atom stereocenters. The average molecular weight is 245 g/mol. The van der Waals surface area contributed by atoms with E-state index in [4.69, 9.17) is 9.47 Å². The van der Waals surface area contributed by atoms with Crippen LogP contribution in [0.2, 0.25) is 0 Å². The molecule has 0 aliphatic carbocycles. The Morgan fingerprint density at radius 3 is 2.94 bits per heavy atom. The van der Waals surface area contributed by atoms with E-state index in [1.165, 1.54) is 0 Å². The third-order valence-corrected chi connectivity index (χ3v) is 3.18. The van der Waals surface area contributed by atoms with Gasteiger partial charge in [-0.3, -0.25) is 4.98 Å². The number of hydrogen-bond acceptors (Lipinski definition) is 4. The van der Waals surface area contributed by atoms with Gasteiger partial charge in [0, 0.05) is 17.1 Å². The van der Waals surface area contributed by atoms with Crippen molar-refractivity contribution >= 4 is 10.9 Å². The number of aliphatic hydroxyl groups is 1. The van der Waals surface area contributed by atoms with Crippen LogP contribution in [0.3, 0.4) is 0 Å². The average Bonchev–Trinajstić information content (AvgIpc) is 2.47. The van der Waals surface area contributed by atoms with E-state index in [1.807, 2.05) is 30.3 Å². The number of para-hydroxylation sites is 1. The number of fused-ring (bicyclic) bond motifs is 1. The molecular formula is C14H15NO3. The molecule has 1 aromatic heterocycles. The molecule has 4 heteroatoms. The summed E-state index contributed by atoms with van der Waals surface area (Å²) in [7, 11) is 0. The Kier molecular flexibility index (Phi) is 3.23. The predicted octanol–water partition coefficient (Wildman–Crippen LogP) is 1.68. The van der Waals surface area contributed by atoms with Crippen molar-refractivity contribution in [1.82, 2.24) is 4.98 Å². The molecule has 0 saturated carbocycles. The molecule has 4 nitrogen and oxygen atoms in total. The predicted molar refractivity (Wildman–Crippen MR) is 67.3 cm³/mol. The molecule has 0 amide bonds. The summed E-state index contributed by atoms with van der Waals surface area (Å²) in [6.45, 7) is 1.54. The van der Waals surface area contributed by atoms with Crippen molar-refractivity contribution < 1.29 is 14.6 Å². The maximum Gasteiger partial charge on any atom is 0.111 e. The van der Waals surface area contributed by atoms with Gasteiger partial charge in [0.05, 0.1) is 25.3 Å². The van der Waals surface area contributed by atoms with Gasteiger partial charge in [0.15, 0.2) is 0 Å². The van der Waals surface area contributed by atoms with Crippen LogP contribution < -0.4 is 0 Å². The van der Waals surface area contributed by atoms with E-state index < -0.39 is 6.10 Å². The third-order valence-electron chi connectivity index (χ3n) is 3.18. The molecule has 2 aromatic rings. The first-order valence-corrected chi connectivity index (χ1v) is 6.07. The van der Waals surface area contributed by atoms with E-state index in [0.29, 0.717) is 19.8 Å². The zero-order valence-electron chi connectivity index (χ0n) is 9.95. The highest BCUT2D eigenvalue weighted by atomic mass is 16.6. The Hall–Kier alpha value is -1.49. The van der Waals surface area contributed by atoms with Crippen LogP contribution >= 0.6 is 0 Å². The summed E-state index contributed by atoms with van der Waals surface area (Å²) in [5.41, 5.74) is 1.62. The van der Waals surface area contributed by atoms with Crippen molar-refractivity contribution in [1.29, 1.82) is 0 Å². The number of ether oxygens (including phenoxy) is 2. The van der Waals surface area contributed by atoms with Gasteiger partial charge in [-0.1, -0.05) is 24.3 Å². The largest absolute Gasteiger partial charge is 0.386 e. The van der Waals surface area contributed by atoms with E-state index in [9.17, 15) is 5.11 Å². The minimum Gasteiger partial charge on any atom is -0.386 e. The van der Waals surface area contributed by atoms with E-state index in [2.05, 4.69) is 4.98 Å². The van der Waals surface area contributed by atoms with Crippen LogP contribution in [0, 0.1) is 0 Å². The fourth-order valence-corrected chi connectivity index (χ4v) is 2.26. The summed E-state index contributed by atoms with van der Waals surface area (Å²) in [4.78, 5) is 4.34. The standard InChI is InChI=1S/C14H15NO3/c16-14(12-9-17-7-8-18-12)11-5-1-3-10-4-2-6-15-13(10)11/h1-6,12,14,16H,7-9H2. The van der Waals surface area contributed by atoms with Gasteiger partial charge in [-0.05, 0) is 6.07 Å². The summed E-state index contributed by atoms with van der Waals surface area (Å²) in [5, 5.41) is 11.4. The molecule has 3 rings (SSSR count). The molecule has 94 valence electrons. The van der Waals surface area contributed by atoms with Crippen LogP contribution in [-0.4, -0.2) is 36.0 Å². The molecule has 0 radical (unpaired) electrons. The number of benzene rings is 1. The van der Waals surface area contributed by atoms with E-state index >= 15 is 0 Å². The van der Waals surface area contributed by atoms with Crippen LogP contribution in [0.5, 0.6) is 0 Å². The molecule has 18 heavy (non-hydrogen) atoms. The number of nitrogens with zero attached hydrogens (tertiary/aromatic N) is 1. The van der Waals surface area contributed by atoms with E-state index in [-0.39, 0.29) is 6.10 Å². The second-order valence-electron chi connectivity index (χ2n) is 4.35. The van der Waals surface area contributed by atoms with Gasteiger partial charge in [-0.15, -0.1) is 0 Å². The van der Waals surface area contributed by atoms with Crippen molar-refractivity contribution in [3.8, 4) is 0 Å². The molecule has 1 fully saturated rings. The van der Waals surface area contributed by atoms with Crippen molar-refractivity contribution in [2.24, 2.45) is 0 Å². The van der Waals surface area contributed by atoms with Crippen LogP contribution in [0.15, 0.2) is 36.5 Å². The third kappa shape index (κ3) is 2.10. The second kappa shape index (κ2) is 5.02. The normalized spacial score (nSPS) is 21.9. The lowest BCUT2D eigenvalue weighted by atomic mass is 10.0. The molecule has 2 heterocycles. The Labute approximate surface area is 105 Å². The zero-order chi connectivity index (χ0) is 12.4. The molecule has 1 N–H and O–H groups in total. The number of rotatable bonds is 2. The van der Waals surface area contributed by atoms with Crippen molar-refractivity contribution in [2.75, 3.05) is 19.8 Å². The highest BCUT2D eigenvalue weighted by molar-refractivity contribution is 5.81. The zero-order valence-corrected chi connectivity index (χ0v) is 9.95. The molecule has 1 saturated heterocycles. The number of hydrogen-bond donors (Lipinski definition) is 1. The first-order chi connectivity index (χ1) is 8.86. The fraction of sp³-hybridized carbons (Fsp3) is 0.357. The first-order valence-electron chi connectivity index (χ1n) is 6.07. The second-order valence-corrected chi connectivity index (χ2v) is 4.35. The number of aliphatic hydroxyl groups excluding tert-OH is 1. The molecule has 1 aliphatic heterocycles. The Morgan fingerprint density at radius 2 is 2.11 bits per heavy atom. The van der Waals surface area contributed by atoms with Gasteiger partial charge >= 0.3 is 0 Å². The Morgan fingerprint density at radius 1 is 1.22 bits per heavy atom. The Bertz CT molecular complexity index is 532. The van der Waals surface area contributed by atoms with Crippen LogP contribution in [0.1, 0.15) is 11.7 Å². The van der Waals surface area contributed by atoms with Gasteiger partial charge in [0.2, 0.25) is 0 Å². The number of pyridine rings is 1. The molecule has 1 aromatic carbocycles. The van der Waals surface area contributed by atoms with E-state index in [0.717, 1.165) is 16.5 Å². The fourth-order valence-electron chi connectivity index (χ4n) is 2.26. The SMILES string of the molecule is OC(c1cccc2cccnc12)C1COCCO1. The van der Waals surface area contributed by atoms with Crippen LogP contribution in [-0.2, 0) is 9.47 Å². The molecular weight excluding hydrogens is 230 g/mol. The minimum absolute atomic E-state index is 0.314. The topological polar surface area (TPSA) is 51.6 Å². The molecule has 0 bridgehead atoms. The van der Waals surface area contributed by atoms with Crippen molar-refractivity contribution in [3.05, 3.63) is 42.1 Å². The highest BCUT2D eigenvalue weighted by Crippen LogP contribution is 2.27. The van der Waals surface area contributed by atoms with Crippen LogP contribution in [0.25, 0.3) is 10.9 Å². The molecule has 2 atom stereocenters. The lowest BCUT2D eigenvalue weighted by Gasteiger charge is -2.27. The monoisotopic (exact) mass is 245 g/mol. The summed E-state index contributed by atoms with van der Waals surface area (Å²) in [6.07, 6.45) is 0.715. The van der Waals surface area contributed by atoms with Gasteiger partial charge in [-0.25, -0.2) is 0 Å². The summed E-state index contributed by atoms with van der Waals surface area (Å²) >= 11 is 0. The van der Waals surface area contributed by atoms with Crippen molar-refractivity contribution in [2.45, 2.75) is 12.2 Å². The highest BCUT2D eigenvalue weighted by Gasteiger charge is 2.26. The lowest BCUT2D eigenvalue weighted by Crippen LogP contribution is -2.33. The van der Waals surface area contributed by atoms with Crippen molar-refractivity contribution in [3.63, 3.8) is 0 Å². The Balaban J connectivity index is 1.97. The van der Waals surface area contributed by atoms with Gasteiger partial charge in [0.25, 0.3) is 0 Å². The molecule has 0 spiro atoms. The maximum atomic E-state index is 10.4. The van der Waals surface area contributed by atoms with Gasteiger partial charge in [-0.2, -0.15) is 0 Å². The van der Waals surface area contributed by atoms with Gasteiger partial charge < -0.3 is 14.6 Å². The number of aromatic nitrogens is 1. The minimum atomic E-state index is -0.705. The maximum absolute atomic E-state index is 10.4. The summed E-state index contributed by atoms with van der Waals surface area (Å²) in [6, 6.07) is 9.66.